The van der Waals surface area contributed by atoms with Gasteiger partial charge in [-0.2, -0.15) is 0 Å². The maximum Gasteiger partial charge on any atom is 0.254 e. The quantitative estimate of drug-likeness (QED) is 0.905. The zero-order valence-corrected chi connectivity index (χ0v) is 13.3. The molecule has 21 heavy (non-hydrogen) atoms. The molecule has 2 fully saturated rings. The van der Waals surface area contributed by atoms with Crippen molar-refractivity contribution in [3.63, 3.8) is 0 Å². The summed E-state index contributed by atoms with van der Waals surface area (Å²) in [7, 11) is 2.15. The van der Waals surface area contributed by atoms with E-state index < -0.39 is 0 Å². The smallest absolute Gasteiger partial charge is 0.254 e. The summed E-state index contributed by atoms with van der Waals surface area (Å²) < 4.78 is 0. The Morgan fingerprint density at radius 2 is 1.90 bits per heavy atom. The largest absolute Gasteiger partial charge is 0.334 e. The van der Waals surface area contributed by atoms with E-state index in [1.165, 1.54) is 6.42 Å². The number of hydrogen-bond donors (Lipinski definition) is 1. The molecule has 0 spiro atoms. The molecule has 2 saturated heterocycles. The Balaban J connectivity index is 0.00000161. The van der Waals surface area contributed by atoms with Crippen molar-refractivity contribution in [2.75, 3.05) is 26.7 Å². The lowest BCUT2D eigenvalue weighted by Gasteiger charge is -2.36. The van der Waals surface area contributed by atoms with Gasteiger partial charge in [-0.05, 0) is 50.0 Å². The predicted molar refractivity (Wildman–Crippen MR) is 86.6 cm³/mol. The molecule has 2 heterocycles. The number of likely N-dealkylation sites (tertiary alicyclic amines) is 2. The van der Waals surface area contributed by atoms with E-state index in [0.717, 1.165) is 37.2 Å². The number of fused-ring (bicyclic) bond motifs is 1. The van der Waals surface area contributed by atoms with E-state index in [9.17, 15) is 4.79 Å². The molecular formula is C16H24ClN3O. The molecule has 2 atom stereocenters. The van der Waals surface area contributed by atoms with Crippen LogP contribution in [0.15, 0.2) is 24.3 Å². The third-order valence-electron chi connectivity index (χ3n) is 4.76. The van der Waals surface area contributed by atoms with Gasteiger partial charge in [0.1, 0.15) is 0 Å². The van der Waals surface area contributed by atoms with Gasteiger partial charge in [-0.1, -0.05) is 12.1 Å². The van der Waals surface area contributed by atoms with E-state index >= 15 is 0 Å². The molecule has 1 amide bonds. The van der Waals surface area contributed by atoms with Crippen molar-refractivity contribution in [1.82, 2.24) is 9.80 Å². The summed E-state index contributed by atoms with van der Waals surface area (Å²) in [6.07, 6.45) is 2.38. The van der Waals surface area contributed by atoms with Crippen LogP contribution in [0.1, 0.15) is 28.8 Å². The highest BCUT2D eigenvalue weighted by molar-refractivity contribution is 5.94. The van der Waals surface area contributed by atoms with Crippen LogP contribution in [0.4, 0.5) is 0 Å². The first kappa shape index (κ1) is 16.3. The molecular weight excluding hydrogens is 286 g/mol. The molecule has 0 bridgehead atoms. The summed E-state index contributed by atoms with van der Waals surface area (Å²) in [4.78, 5) is 17.1. The lowest BCUT2D eigenvalue weighted by atomic mass is 9.92. The fourth-order valence-corrected chi connectivity index (χ4v) is 3.50. The van der Waals surface area contributed by atoms with Crippen LogP contribution < -0.4 is 5.73 Å². The van der Waals surface area contributed by atoms with E-state index in [0.29, 0.717) is 18.5 Å². The molecule has 0 radical (unpaired) electrons. The van der Waals surface area contributed by atoms with Gasteiger partial charge in [0.15, 0.2) is 0 Å². The number of nitrogens with two attached hydrogens (primary N) is 1. The van der Waals surface area contributed by atoms with Crippen LogP contribution >= 0.6 is 12.4 Å². The highest BCUT2D eigenvalue weighted by atomic mass is 35.5. The van der Waals surface area contributed by atoms with E-state index in [4.69, 9.17) is 5.73 Å². The molecule has 2 unspecified atom stereocenters. The number of benzene rings is 1. The van der Waals surface area contributed by atoms with E-state index in [1.54, 1.807) is 0 Å². The molecule has 0 saturated carbocycles. The van der Waals surface area contributed by atoms with Crippen LogP contribution in [0.2, 0.25) is 0 Å². The fraction of sp³-hybridized carbons (Fsp3) is 0.562. The Kier molecular flexibility index (Phi) is 5.25. The Labute approximate surface area is 132 Å². The maximum absolute atomic E-state index is 12.7. The molecule has 5 heteroatoms. The van der Waals surface area contributed by atoms with Gasteiger partial charge in [0.05, 0.1) is 0 Å². The molecule has 0 aromatic heterocycles. The van der Waals surface area contributed by atoms with E-state index in [1.807, 2.05) is 24.3 Å². The number of likely N-dealkylation sites (N-methyl/N-ethyl adjacent to an activating group) is 1. The minimum atomic E-state index is 0. The molecule has 1 aromatic rings. The van der Waals surface area contributed by atoms with Crippen LogP contribution in [0.25, 0.3) is 0 Å². The Morgan fingerprint density at radius 1 is 1.24 bits per heavy atom. The SMILES string of the molecule is CN1CCC2CCN(C(=O)c3ccc(CN)cc3)C2C1.Cl. The van der Waals surface area contributed by atoms with Crippen LogP contribution in [-0.4, -0.2) is 48.4 Å². The van der Waals surface area contributed by atoms with Crippen molar-refractivity contribution < 1.29 is 4.79 Å². The average molecular weight is 310 g/mol. The molecule has 2 N–H and O–H groups in total. The fourth-order valence-electron chi connectivity index (χ4n) is 3.50. The Morgan fingerprint density at radius 3 is 2.57 bits per heavy atom. The Hall–Kier alpha value is -1.10. The number of hydrogen-bond acceptors (Lipinski definition) is 3. The van der Waals surface area contributed by atoms with Crippen LogP contribution in [0.3, 0.4) is 0 Å². The first-order chi connectivity index (χ1) is 9.69. The molecule has 116 valence electrons. The van der Waals surface area contributed by atoms with Crippen molar-refractivity contribution in [3.05, 3.63) is 35.4 Å². The van der Waals surface area contributed by atoms with E-state index in [-0.39, 0.29) is 18.3 Å². The van der Waals surface area contributed by atoms with Crippen molar-refractivity contribution in [3.8, 4) is 0 Å². The standard InChI is InChI=1S/C16H23N3O.ClH/c1-18-8-6-13-7-9-19(15(13)11-18)16(20)14-4-2-12(10-17)3-5-14;/h2-5,13,15H,6-11,17H2,1H3;1H. The number of piperidine rings is 1. The van der Waals surface area contributed by atoms with Gasteiger partial charge in [-0.15, -0.1) is 12.4 Å². The number of carbonyl (C=O) groups excluding carboxylic acids is 1. The van der Waals surface area contributed by atoms with Crippen LogP contribution in [-0.2, 0) is 6.54 Å². The third-order valence-corrected chi connectivity index (χ3v) is 4.76. The summed E-state index contributed by atoms with van der Waals surface area (Å²) in [5, 5.41) is 0. The highest BCUT2D eigenvalue weighted by Crippen LogP contribution is 2.32. The lowest BCUT2D eigenvalue weighted by molar-refractivity contribution is 0.0631. The summed E-state index contributed by atoms with van der Waals surface area (Å²) in [6.45, 7) is 3.60. The van der Waals surface area contributed by atoms with Gasteiger partial charge in [-0.3, -0.25) is 4.79 Å². The van der Waals surface area contributed by atoms with Gasteiger partial charge in [0.2, 0.25) is 0 Å². The van der Waals surface area contributed by atoms with Crippen molar-refractivity contribution >= 4 is 18.3 Å². The number of amides is 1. The molecule has 3 rings (SSSR count). The zero-order valence-electron chi connectivity index (χ0n) is 12.5. The van der Waals surface area contributed by atoms with Crippen LogP contribution in [0.5, 0.6) is 0 Å². The molecule has 2 aliphatic heterocycles. The minimum absolute atomic E-state index is 0. The number of nitrogens with zero attached hydrogens (tertiary/aromatic N) is 2. The number of rotatable bonds is 2. The molecule has 1 aromatic carbocycles. The van der Waals surface area contributed by atoms with Crippen molar-refractivity contribution in [1.29, 1.82) is 0 Å². The van der Waals surface area contributed by atoms with Gasteiger partial charge in [0, 0.05) is 31.2 Å². The topological polar surface area (TPSA) is 49.6 Å². The number of halogens is 1. The van der Waals surface area contributed by atoms with Crippen LogP contribution in [0, 0.1) is 5.92 Å². The molecule has 2 aliphatic rings. The summed E-state index contributed by atoms with van der Waals surface area (Å²) >= 11 is 0. The first-order valence-corrected chi connectivity index (χ1v) is 7.47. The van der Waals surface area contributed by atoms with Gasteiger partial charge in [0.25, 0.3) is 5.91 Å². The minimum Gasteiger partial charge on any atom is -0.334 e. The average Bonchev–Trinajstić information content (AvgIpc) is 2.89. The van der Waals surface area contributed by atoms with Crippen molar-refractivity contribution in [2.24, 2.45) is 11.7 Å². The highest BCUT2D eigenvalue weighted by Gasteiger charge is 2.39. The molecule has 4 nitrogen and oxygen atoms in total. The maximum atomic E-state index is 12.7. The zero-order chi connectivity index (χ0) is 14.1. The normalized spacial score (nSPS) is 25.3. The van der Waals surface area contributed by atoms with Gasteiger partial charge in [-0.25, -0.2) is 0 Å². The summed E-state index contributed by atoms with van der Waals surface area (Å²) in [6, 6.07) is 8.12. The lowest BCUT2D eigenvalue weighted by Crippen LogP contribution is -2.48. The second-order valence-electron chi connectivity index (χ2n) is 6.07. The second kappa shape index (κ2) is 6.77. The Bertz CT molecular complexity index is 491. The van der Waals surface area contributed by atoms with E-state index in [2.05, 4.69) is 16.8 Å². The summed E-state index contributed by atoms with van der Waals surface area (Å²) in [5.74, 6) is 0.870. The predicted octanol–water partition coefficient (Wildman–Crippen LogP) is 1.73. The van der Waals surface area contributed by atoms with Gasteiger partial charge < -0.3 is 15.5 Å². The second-order valence-corrected chi connectivity index (χ2v) is 6.07. The number of carbonyl (C=O) groups is 1. The van der Waals surface area contributed by atoms with Gasteiger partial charge >= 0.3 is 0 Å². The first-order valence-electron chi connectivity index (χ1n) is 7.47. The summed E-state index contributed by atoms with van der Waals surface area (Å²) in [5.41, 5.74) is 7.46. The third kappa shape index (κ3) is 3.23. The monoisotopic (exact) mass is 309 g/mol. The molecule has 0 aliphatic carbocycles. The van der Waals surface area contributed by atoms with Crippen molar-refractivity contribution in [2.45, 2.75) is 25.4 Å².